The van der Waals surface area contributed by atoms with Gasteiger partial charge in [0.2, 0.25) is 0 Å². The van der Waals surface area contributed by atoms with Gasteiger partial charge in [-0.05, 0) is 60.3 Å². The number of aliphatic hydroxyl groups excluding tert-OH is 1. The third-order valence-corrected chi connectivity index (χ3v) is 7.15. The minimum absolute atomic E-state index is 0.0533. The third kappa shape index (κ3) is 4.31. The topological polar surface area (TPSA) is 43.8 Å². The first-order valence-corrected chi connectivity index (χ1v) is 11.7. The van der Waals surface area contributed by atoms with Crippen LogP contribution in [0.25, 0.3) is 11.1 Å². The van der Waals surface area contributed by atoms with Crippen LogP contribution in [0.2, 0.25) is 0 Å². The predicted octanol–water partition coefficient (Wildman–Crippen LogP) is 4.56. The molecular weight excluding hydrogens is 415 g/mol. The Morgan fingerprint density at radius 3 is 2.24 bits per heavy atom. The lowest BCUT2D eigenvalue weighted by Gasteiger charge is -2.57. The Bertz CT molecular complexity index is 1090. The van der Waals surface area contributed by atoms with Crippen LogP contribution < -0.4 is 0 Å². The summed E-state index contributed by atoms with van der Waals surface area (Å²) < 4.78 is 13.3. The Labute approximate surface area is 194 Å². The molecule has 2 aliphatic rings. The summed E-state index contributed by atoms with van der Waals surface area (Å²) >= 11 is 0. The van der Waals surface area contributed by atoms with Gasteiger partial charge in [-0.25, -0.2) is 4.39 Å². The molecule has 0 spiro atoms. The number of amides is 1. The van der Waals surface area contributed by atoms with Crippen LogP contribution in [-0.2, 0) is 0 Å². The van der Waals surface area contributed by atoms with E-state index in [1.165, 1.54) is 28.8 Å². The minimum atomic E-state index is -0.339. The second-order valence-electron chi connectivity index (χ2n) is 9.03. The van der Waals surface area contributed by atoms with Crippen molar-refractivity contribution in [1.82, 2.24) is 9.80 Å². The highest BCUT2D eigenvalue weighted by atomic mass is 19.1. The van der Waals surface area contributed by atoms with Gasteiger partial charge in [-0.15, -0.1) is 0 Å². The number of rotatable bonds is 4. The summed E-state index contributed by atoms with van der Waals surface area (Å²) in [7, 11) is 0. The molecule has 3 aromatic rings. The Hall–Kier alpha value is -3.02. The molecule has 170 valence electrons. The molecule has 1 N–H and O–H groups in total. The highest BCUT2D eigenvalue weighted by Gasteiger charge is 2.49. The van der Waals surface area contributed by atoms with Gasteiger partial charge in [-0.2, -0.15) is 0 Å². The second-order valence-corrected chi connectivity index (χ2v) is 9.03. The zero-order chi connectivity index (χ0) is 22.8. The average Bonchev–Trinajstić information content (AvgIpc) is 2.84. The SMILES string of the molecule is O=C(c1ccc(F)cc1)N1CCCCN2[C@@H](CO)[C@@H](c3ccc(-c4ccccc4)cc3)[C@@H]2C1. The van der Waals surface area contributed by atoms with Gasteiger partial charge in [0.05, 0.1) is 6.61 Å². The van der Waals surface area contributed by atoms with E-state index in [4.69, 9.17) is 0 Å². The Balaban J connectivity index is 1.38. The molecule has 2 heterocycles. The van der Waals surface area contributed by atoms with E-state index in [9.17, 15) is 14.3 Å². The molecule has 0 radical (unpaired) electrons. The van der Waals surface area contributed by atoms with Gasteiger partial charge >= 0.3 is 0 Å². The molecule has 33 heavy (non-hydrogen) atoms. The van der Waals surface area contributed by atoms with Crippen molar-refractivity contribution in [3.05, 3.63) is 95.8 Å². The molecule has 0 unspecified atom stereocenters. The number of hydrogen-bond donors (Lipinski definition) is 1. The molecule has 1 amide bonds. The van der Waals surface area contributed by atoms with Crippen LogP contribution in [0.4, 0.5) is 4.39 Å². The number of carbonyl (C=O) groups excluding carboxylic acids is 1. The normalized spacial score (nSPS) is 23.2. The van der Waals surface area contributed by atoms with E-state index < -0.39 is 0 Å². The quantitative estimate of drug-likeness (QED) is 0.642. The molecule has 5 heteroatoms. The zero-order valence-electron chi connectivity index (χ0n) is 18.6. The van der Waals surface area contributed by atoms with Crippen molar-refractivity contribution in [2.75, 3.05) is 26.2 Å². The van der Waals surface area contributed by atoms with E-state index in [2.05, 4.69) is 41.3 Å². The predicted molar refractivity (Wildman–Crippen MR) is 128 cm³/mol. The summed E-state index contributed by atoms with van der Waals surface area (Å²) in [6, 6.07) is 24.9. The Morgan fingerprint density at radius 1 is 0.879 bits per heavy atom. The molecule has 3 aromatic carbocycles. The van der Waals surface area contributed by atoms with Crippen molar-refractivity contribution < 1.29 is 14.3 Å². The molecule has 4 nitrogen and oxygen atoms in total. The van der Waals surface area contributed by atoms with Crippen molar-refractivity contribution in [2.24, 2.45) is 0 Å². The fourth-order valence-corrected chi connectivity index (χ4v) is 5.43. The van der Waals surface area contributed by atoms with Gasteiger partial charge in [-0.3, -0.25) is 9.69 Å². The monoisotopic (exact) mass is 444 g/mol. The van der Waals surface area contributed by atoms with Gasteiger partial charge in [0, 0.05) is 36.7 Å². The molecule has 0 aliphatic carbocycles. The van der Waals surface area contributed by atoms with Gasteiger partial charge in [0.15, 0.2) is 0 Å². The Morgan fingerprint density at radius 2 is 1.55 bits per heavy atom. The molecule has 3 atom stereocenters. The van der Waals surface area contributed by atoms with E-state index in [0.29, 0.717) is 18.7 Å². The summed E-state index contributed by atoms with van der Waals surface area (Å²) in [4.78, 5) is 17.5. The summed E-state index contributed by atoms with van der Waals surface area (Å²) in [6.07, 6.45) is 1.91. The summed E-state index contributed by atoms with van der Waals surface area (Å²) in [6.45, 7) is 2.35. The molecule has 0 aromatic heterocycles. The Kier molecular flexibility index (Phi) is 6.25. The van der Waals surface area contributed by atoms with Crippen LogP contribution in [0.5, 0.6) is 0 Å². The molecule has 0 saturated carbocycles. The summed E-state index contributed by atoms with van der Waals surface area (Å²) in [5.74, 6) is -0.224. The number of benzene rings is 3. The fraction of sp³-hybridized carbons (Fsp3) is 0.321. The van der Waals surface area contributed by atoms with Crippen molar-refractivity contribution in [3.8, 4) is 11.1 Å². The van der Waals surface area contributed by atoms with Crippen LogP contribution in [0, 0.1) is 5.82 Å². The number of fused-ring (bicyclic) bond motifs is 1. The van der Waals surface area contributed by atoms with Crippen LogP contribution in [0.3, 0.4) is 0 Å². The van der Waals surface area contributed by atoms with Crippen molar-refractivity contribution >= 4 is 5.91 Å². The molecule has 0 bridgehead atoms. The van der Waals surface area contributed by atoms with Crippen LogP contribution in [-0.4, -0.2) is 59.1 Å². The van der Waals surface area contributed by atoms with Gasteiger partial charge < -0.3 is 10.0 Å². The third-order valence-electron chi connectivity index (χ3n) is 7.15. The van der Waals surface area contributed by atoms with Gasteiger partial charge in [-0.1, -0.05) is 54.6 Å². The minimum Gasteiger partial charge on any atom is -0.395 e. The average molecular weight is 445 g/mol. The first-order chi connectivity index (χ1) is 16.2. The van der Waals surface area contributed by atoms with Crippen molar-refractivity contribution in [2.45, 2.75) is 30.8 Å². The van der Waals surface area contributed by atoms with Crippen LogP contribution in [0.1, 0.15) is 34.7 Å². The molecule has 2 saturated heterocycles. The lowest BCUT2D eigenvalue weighted by Crippen LogP contribution is -2.67. The van der Waals surface area contributed by atoms with Crippen molar-refractivity contribution in [1.29, 1.82) is 0 Å². The standard InChI is InChI=1S/C28H29FN2O2/c29-24-14-12-23(13-15-24)28(33)30-16-4-5-17-31-25(18-30)27(26(31)19-32)22-10-8-21(9-11-22)20-6-2-1-3-7-20/h1-3,6-15,25-27,32H,4-5,16-19H2/t25-,26-,27-/m0/s1. The fourth-order valence-electron chi connectivity index (χ4n) is 5.43. The number of halogens is 1. The second kappa shape index (κ2) is 9.46. The van der Waals surface area contributed by atoms with E-state index in [1.807, 2.05) is 23.1 Å². The number of carbonyl (C=O) groups is 1. The molecular formula is C28H29FN2O2. The maximum Gasteiger partial charge on any atom is 0.253 e. The first-order valence-electron chi connectivity index (χ1n) is 11.7. The van der Waals surface area contributed by atoms with Gasteiger partial charge in [0.1, 0.15) is 5.82 Å². The van der Waals surface area contributed by atoms with Crippen LogP contribution >= 0.6 is 0 Å². The van der Waals surface area contributed by atoms with Crippen molar-refractivity contribution in [3.63, 3.8) is 0 Å². The van der Waals surface area contributed by atoms with Gasteiger partial charge in [0.25, 0.3) is 5.91 Å². The molecule has 5 rings (SSSR count). The van der Waals surface area contributed by atoms with E-state index in [1.54, 1.807) is 12.1 Å². The summed E-state index contributed by atoms with van der Waals surface area (Å²) in [5.41, 5.74) is 4.07. The smallest absolute Gasteiger partial charge is 0.253 e. The van der Waals surface area contributed by atoms with Crippen LogP contribution in [0.15, 0.2) is 78.9 Å². The van der Waals surface area contributed by atoms with E-state index >= 15 is 0 Å². The maximum absolute atomic E-state index is 13.3. The largest absolute Gasteiger partial charge is 0.395 e. The summed E-state index contributed by atoms with van der Waals surface area (Å²) in [5, 5.41) is 10.2. The number of aliphatic hydroxyl groups is 1. The lowest BCUT2D eigenvalue weighted by molar-refractivity contribution is -0.0606. The molecule has 2 fully saturated rings. The van der Waals surface area contributed by atoms with E-state index in [0.717, 1.165) is 19.4 Å². The first kappa shape index (κ1) is 21.8. The zero-order valence-corrected chi connectivity index (χ0v) is 18.6. The lowest BCUT2D eigenvalue weighted by atomic mass is 9.74. The number of nitrogens with zero attached hydrogens (tertiary/aromatic N) is 2. The molecule has 2 aliphatic heterocycles. The number of hydrogen-bond acceptors (Lipinski definition) is 3. The highest BCUT2D eigenvalue weighted by Crippen LogP contribution is 2.42. The van der Waals surface area contributed by atoms with E-state index in [-0.39, 0.29) is 36.3 Å². The maximum atomic E-state index is 13.3. The highest BCUT2D eigenvalue weighted by molar-refractivity contribution is 5.94.